The van der Waals surface area contributed by atoms with Crippen molar-refractivity contribution >= 4 is 17.8 Å². The maximum absolute atomic E-state index is 12.7. The zero-order valence-corrected chi connectivity index (χ0v) is 16.6. The van der Waals surface area contributed by atoms with Crippen LogP contribution in [0.1, 0.15) is 71.6 Å². The van der Waals surface area contributed by atoms with Gasteiger partial charge < -0.3 is 14.7 Å². The van der Waals surface area contributed by atoms with E-state index in [0.29, 0.717) is 38.3 Å². The average molecular weight is 383 g/mol. The molecule has 1 saturated carbocycles. The van der Waals surface area contributed by atoms with E-state index in [1.165, 1.54) is 37.0 Å². The van der Waals surface area contributed by atoms with Gasteiger partial charge in [0, 0.05) is 6.54 Å². The Morgan fingerprint density at radius 1 is 1.15 bits per heavy atom. The topological polar surface area (TPSA) is 95.9 Å². The molecule has 0 aromatic carbocycles. The zero-order chi connectivity index (χ0) is 19.8. The van der Waals surface area contributed by atoms with Crippen molar-refractivity contribution in [2.45, 2.75) is 89.8 Å². The number of aliphatic carboxylic acids is 1. The standard InChI is InChI=1S/C20H34N2O5/c1-3-27-20(26)16(12-11-15-8-5-4-6-9-15)21-14(2)18(23)22-13-7-10-17(22)19(24)25/h14-17,21H,3-13H2,1-2H3,(H,24,25). The predicted octanol–water partition coefficient (Wildman–Crippen LogP) is 2.33. The van der Waals surface area contributed by atoms with E-state index >= 15 is 0 Å². The normalized spacial score (nSPS) is 23.0. The van der Waals surface area contributed by atoms with Crippen LogP contribution in [-0.2, 0) is 19.1 Å². The third-order valence-electron chi connectivity index (χ3n) is 5.80. The van der Waals surface area contributed by atoms with Gasteiger partial charge in [-0.2, -0.15) is 0 Å². The highest BCUT2D eigenvalue weighted by atomic mass is 16.5. The highest BCUT2D eigenvalue weighted by Gasteiger charge is 2.37. The number of ether oxygens (including phenoxy) is 1. The van der Waals surface area contributed by atoms with E-state index in [-0.39, 0.29) is 11.9 Å². The quantitative estimate of drug-likeness (QED) is 0.594. The summed E-state index contributed by atoms with van der Waals surface area (Å²) in [6, 6.07) is -1.91. The lowest BCUT2D eigenvalue weighted by Crippen LogP contribution is -2.53. The molecule has 1 saturated heterocycles. The van der Waals surface area contributed by atoms with Gasteiger partial charge in [-0.15, -0.1) is 0 Å². The summed E-state index contributed by atoms with van der Waals surface area (Å²) in [7, 11) is 0. The summed E-state index contributed by atoms with van der Waals surface area (Å²) in [6.07, 6.45) is 8.97. The molecular formula is C20H34N2O5. The minimum Gasteiger partial charge on any atom is -0.480 e. The number of likely N-dealkylation sites (tertiary alicyclic amines) is 1. The Hall–Kier alpha value is -1.63. The average Bonchev–Trinajstić information content (AvgIpc) is 3.15. The number of rotatable bonds is 9. The summed E-state index contributed by atoms with van der Waals surface area (Å²) in [6.45, 7) is 4.22. The van der Waals surface area contributed by atoms with Crippen LogP contribution in [0.4, 0.5) is 0 Å². The molecule has 1 aliphatic carbocycles. The number of carboxylic acids is 1. The van der Waals surface area contributed by atoms with E-state index in [4.69, 9.17) is 4.74 Å². The first-order chi connectivity index (χ1) is 12.9. The van der Waals surface area contributed by atoms with E-state index in [0.717, 1.165) is 6.42 Å². The number of carbonyl (C=O) groups is 3. The first kappa shape index (κ1) is 21.7. The third kappa shape index (κ3) is 6.19. The molecule has 0 spiro atoms. The molecule has 1 heterocycles. The lowest BCUT2D eigenvalue weighted by molar-refractivity contribution is -0.150. The van der Waals surface area contributed by atoms with Gasteiger partial charge in [-0.05, 0) is 45.4 Å². The first-order valence-electron chi connectivity index (χ1n) is 10.4. The third-order valence-corrected chi connectivity index (χ3v) is 5.80. The summed E-state index contributed by atoms with van der Waals surface area (Å²) >= 11 is 0. The van der Waals surface area contributed by atoms with Crippen LogP contribution in [0.5, 0.6) is 0 Å². The zero-order valence-electron chi connectivity index (χ0n) is 16.6. The summed E-state index contributed by atoms with van der Waals surface area (Å²) in [5.41, 5.74) is 0. The number of nitrogens with zero attached hydrogens (tertiary/aromatic N) is 1. The molecule has 0 bridgehead atoms. The van der Waals surface area contributed by atoms with Crippen molar-refractivity contribution in [2.75, 3.05) is 13.2 Å². The Kier molecular flexibility index (Phi) is 8.54. The summed E-state index contributed by atoms with van der Waals surface area (Å²) < 4.78 is 5.19. The van der Waals surface area contributed by atoms with Crippen LogP contribution >= 0.6 is 0 Å². The molecule has 2 N–H and O–H groups in total. The van der Waals surface area contributed by atoms with E-state index in [1.807, 2.05) is 0 Å². The number of hydrogen-bond donors (Lipinski definition) is 2. The van der Waals surface area contributed by atoms with Gasteiger partial charge in [0.2, 0.25) is 5.91 Å². The molecule has 2 rings (SSSR count). The second-order valence-corrected chi connectivity index (χ2v) is 7.80. The van der Waals surface area contributed by atoms with Gasteiger partial charge >= 0.3 is 11.9 Å². The van der Waals surface area contributed by atoms with Crippen LogP contribution in [0.15, 0.2) is 0 Å². The van der Waals surface area contributed by atoms with Gasteiger partial charge in [0.15, 0.2) is 0 Å². The van der Waals surface area contributed by atoms with Crippen molar-refractivity contribution in [1.82, 2.24) is 10.2 Å². The summed E-state index contributed by atoms with van der Waals surface area (Å²) in [5, 5.41) is 12.4. The van der Waals surface area contributed by atoms with Gasteiger partial charge in [-0.25, -0.2) is 4.79 Å². The Bertz CT molecular complexity index is 519. The SMILES string of the molecule is CCOC(=O)C(CCC1CCCCC1)NC(C)C(=O)N1CCCC1C(=O)O. The molecule has 7 heteroatoms. The monoisotopic (exact) mass is 382 g/mol. The highest BCUT2D eigenvalue weighted by Crippen LogP contribution is 2.28. The second-order valence-electron chi connectivity index (χ2n) is 7.80. The van der Waals surface area contributed by atoms with E-state index in [2.05, 4.69) is 5.32 Å². The Morgan fingerprint density at radius 3 is 2.48 bits per heavy atom. The van der Waals surface area contributed by atoms with Crippen molar-refractivity contribution < 1.29 is 24.2 Å². The van der Waals surface area contributed by atoms with Crippen LogP contribution < -0.4 is 5.32 Å². The number of hydrogen-bond acceptors (Lipinski definition) is 5. The van der Waals surface area contributed by atoms with E-state index in [9.17, 15) is 19.5 Å². The fraction of sp³-hybridized carbons (Fsp3) is 0.850. The van der Waals surface area contributed by atoms with Crippen LogP contribution in [0.3, 0.4) is 0 Å². The van der Waals surface area contributed by atoms with Crippen LogP contribution in [0, 0.1) is 5.92 Å². The molecule has 7 nitrogen and oxygen atoms in total. The number of esters is 1. The van der Waals surface area contributed by atoms with Gasteiger partial charge in [-0.3, -0.25) is 14.9 Å². The van der Waals surface area contributed by atoms with E-state index < -0.39 is 24.1 Å². The lowest BCUT2D eigenvalue weighted by atomic mass is 9.85. The molecule has 2 aliphatic rings. The number of nitrogens with one attached hydrogen (secondary N) is 1. The van der Waals surface area contributed by atoms with Gasteiger partial charge in [0.25, 0.3) is 0 Å². The second kappa shape index (κ2) is 10.6. The van der Waals surface area contributed by atoms with Gasteiger partial charge in [0.05, 0.1) is 12.6 Å². The number of carboxylic acid groups (broad SMARTS) is 1. The molecule has 3 unspecified atom stereocenters. The van der Waals surface area contributed by atoms with Gasteiger partial charge in [-0.1, -0.05) is 32.1 Å². The Morgan fingerprint density at radius 2 is 1.85 bits per heavy atom. The largest absolute Gasteiger partial charge is 0.480 e. The number of amides is 1. The van der Waals surface area contributed by atoms with Crippen LogP contribution in [0.2, 0.25) is 0 Å². The lowest BCUT2D eigenvalue weighted by Gasteiger charge is -2.29. The molecule has 27 heavy (non-hydrogen) atoms. The first-order valence-corrected chi connectivity index (χ1v) is 10.4. The minimum atomic E-state index is -0.965. The molecular weight excluding hydrogens is 348 g/mol. The molecule has 0 aromatic heterocycles. The molecule has 0 aromatic rings. The summed E-state index contributed by atoms with van der Waals surface area (Å²) in [5.74, 6) is -0.915. The van der Waals surface area contributed by atoms with Gasteiger partial charge in [0.1, 0.15) is 12.1 Å². The molecule has 2 fully saturated rings. The fourth-order valence-corrected chi connectivity index (χ4v) is 4.30. The highest BCUT2D eigenvalue weighted by molar-refractivity contribution is 5.88. The van der Waals surface area contributed by atoms with E-state index in [1.54, 1.807) is 13.8 Å². The van der Waals surface area contributed by atoms with Crippen LogP contribution in [0.25, 0.3) is 0 Å². The molecule has 154 valence electrons. The van der Waals surface area contributed by atoms with Crippen molar-refractivity contribution in [1.29, 1.82) is 0 Å². The fourth-order valence-electron chi connectivity index (χ4n) is 4.30. The maximum Gasteiger partial charge on any atom is 0.326 e. The molecule has 1 aliphatic heterocycles. The van der Waals surface area contributed by atoms with Crippen molar-refractivity contribution in [3.63, 3.8) is 0 Å². The van der Waals surface area contributed by atoms with Crippen molar-refractivity contribution in [3.05, 3.63) is 0 Å². The Labute approximate surface area is 161 Å². The Balaban J connectivity index is 1.94. The summed E-state index contributed by atoms with van der Waals surface area (Å²) in [4.78, 5) is 37.9. The van der Waals surface area contributed by atoms with Crippen molar-refractivity contribution in [2.24, 2.45) is 5.92 Å². The minimum absolute atomic E-state index is 0.258. The predicted molar refractivity (Wildman–Crippen MR) is 101 cm³/mol. The number of carbonyl (C=O) groups excluding carboxylic acids is 2. The molecule has 3 atom stereocenters. The van der Waals surface area contributed by atoms with Crippen LogP contribution in [-0.4, -0.2) is 59.1 Å². The molecule has 0 radical (unpaired) electrons. The maximum atomic E-state index is 12.7. The smallest absolute Gasteiger partial charge is 0.326 e. The molecule has 1 amide bonds. The van der Waals surface area contributed by atoms with Crippen molar-refractivity contribution in [3.8, 4) is 0 Å².